The first-order valence-corrected chi connectivity index (χ1v) is 9.58. The summed E-state index contributed by atoms with van der Waals surface area (Å²) in [4.78, 5) is 21.7. The van der Waals surface area contributed by atoms with Gasteiger partial charge < -0.3 is 14.6 Å². The molecule has 0 aliphatic carbocycles. The monoisotopic (exact) mass is 390 g/mol. The van der Waals surface area contributed by atoms with Crippen molar-refractivity contribution in [3.63, 3.8) is 0 Å². The molecule has 0 aliphatic heterocycles. The van der Waals surface area contributed by atoms with Gasteiger partial charge in [-0.1, -0.05) is 0 Å². The average molecular weight is 390 g/mol. The predicted molar refractivity (Wildman–Crippen MR) is 110 cm³/mol. The lowest BCUT2D eigenvalue weighted by molar-refractivity contribution is 0.103. The lowest BCUT2D eigenvalue weighted by Crippen LogP contribution is -2.09. The Labute approximate surface area is 166 Å². The Hall–Kier alpha value is -3.45. The molecule has 3 aromatic heterocycles. The normalized spacial score (nSPS) is 10.6. The zero-order valence-corrected chi connectivity index (χ0v) is 16.2. The van der Waals surface area contributed by atoms with Gasteiger partial charge in [-0.25, -0.2) is 4.98 Å². The van der Waals surface area contributed by atoms with Gasteiger partial charge in [-0.05, 0) is 67.3 Å². The van der Waals surface area contributed by atoms with E-state index in [1.165, 1.54) is 11.3 Å². The van der Waals surface area contributed by atoms with Crippen LogP contribution in [-0.4, -0.2) is 20.4 Å². The third kappa shape index (κ3) is 4.10. The Morgan fingerprint density at radius 1 is 1.07 bits per heavy atom. The van der Waals surface area contributed by atoms with Crippen molar-refractivity contribution < 1.29 is 9.53 Å². The van der Waals surface area contributed by atoms with Crippen LogP contribution in [0.4, 0.5) is 5.69 Å². The maximum absolute atomic E-state index is 12.2. The first-order chi connectivity index (χ1) is 13.6. The Morgan fingerprint density at radius 2 is 1.82 bits per heavy atom. The average Bonchev–Trinajstić information content (AvgIpc) is 3.35. The number of nitrogens with one attached hydrogen (secondary N) is 1. The Balaban J connectivity index is 1.47. The molecule has 4 rings (SSSR count). The van der Waals surface area contributed by atoms with Crippen molar-refractivity contribution in [2.24, 2.45) is 0 Å². The molecule has 0 bridgehead atoms. The topological polar surface area (TPSA) is 69.0 Å². The molecule has 28 heavy (non-hydrogen) atoms. The van der Waals surface area contributed by atoms with Crippen molar-refractivity contribution in [3.05, 3.63) is 82.6 Å². The molecular weight excluding hydrogens is 372 g/mol. The van der Waals surface area contributed by atoms with Crippen molar-refractivity contribution in [1.29, 1.82) is 0 Å². The Bertz CT molecular complexity index is 1100. The maximum Gasteiger partial charge on any atom is 0.265 e. The fourth-order valence-corrected chi connectivity index (χ4v) is 3.46. The van der Waals surface area contributed by atoms with Gasteiger partial charge in [0.1, 0.15) is 17.4 Å². The molecule has 4 aromatic rings. The van der Waals surface area contributed by atoms with E-state index in [9.17, 15) is 4.79 Å². The van der Waals surface area contributed by atoms with Crippen molar-refractivity contribution in [2.45, 2.75) is 13.8 Å². The van der Waals surface area contributed by atoms with Gasteiger partial charge in [0.25, 0.3) is 5.91 Å². The van der Waals surface area contributed by atoms with Gasteiger partial charge in [0.2, 0.25) is 5.88 Å². The number of hydrogen-bond donors (Lipinski definition) is 1. The third-order valence-electron chi connectivity index (χ3n) is 3.96. The van der Waals surface area contributed by atoms with Crippen LogP contribution in [0.25, 0.3) is 5.82 Å². The molecule has 0 aliphatic rings. The van der Waals surface area contributed by atoms with Crippen LogP contribution in [0.5, 0.6) is 11.6 Å². The second-order valence-corrected chi connectivity index (χ2v) is 7.18. The number of ether oxygens (including phenoxy) is 1. The van der Waals surface area contributed by atoms with E-state index in [1.54, 1.807) is 30.3 Å². The third-order valence-corrected chi connectivity index (χ3v) is 5.01. The van der Waals surface area contributed by atoms with Crippen LogP contribution in [0, 0.1) is 13.8 Å². The molecule has 0 unspecified atom stereocenters. The van der Waals surface area contributed by atoms with Crippen molar-refractivity contribution in [3.8, 4) is 17.4 Å². The maximum atomic E-state index is 12.2. The van der Waals surface area contributed by atoms with E-state index in [2.05, 4.69) is 15.3 Å². The largest absolute Gasteiger partial charge is 0.439 e. The van der Waals surface area contributed by atoms with E-state index in [4.69, 9.17) is 4.74 Å². The van der Waals surface area contributed by atoms with Crippen LogP contribution >= 0.6 is 11.3 Å². The Morgan fingerprint density at radius 3 is 2.50 bits per heavy atom. The molecule has 7 heteroatoms. The molecule has 0 fully saturated rings. The summed E-state index contributed by atoms with van der Waals surface area (Å²) in [6.07, 6.45) is 3.83. The quantitative estimate of drug-likeness (QED) is 0.521. The first kappa shape index (κ1) is 17.9. The zero-order valence-electron chi connectivity index (χ0n) is 15.4. The molecule has 3 heterocycles. The number of thiophene rings is 1. The molecule has 1 amide bonds. The summed E-state index contributed by atoms with van der Waals surface area (Å²) in [5, 5.41) is 4.84. The summed E-state index contributed by atoms with van der Waals surface area (Å²) in [6.45, 7) is 3.79. The molecule has 0 atom stereocenters. The molecular formula is C21H18N4O2S. The fourth-order valence-electron chi connectivity index (χ4n) is 2.67. The van der Waals surface area contributed by atoms with E-state index in [1.807, 2.05) is 54.4 Å². The highest BCUT2D eigenvalue weighted by molar-refractivity contribution is 7.12. The molecule has 0 saturated carbocycles. The number of aromatic nitrogens is 3. The van der Waals surface area contributed by atoms with Gasteiger partial charge in [0.15, 0.2) is 0 Å². The lowest BCUT2D eigenvalue weighted by Gasteiger charge is -2.09. The second kappa shape index (κ2) is 7.66. The van der Waals surface area contributed by atoms with Gasteiger partial charge in [-0.15, -0.1) is 11.3 Å². The van der Waals surface area contributed by atoms with Crippen molar-refractivity contribution in [1.82, 2.24) is 14.5 Å². The number of anilines is 1. The summed E-state index contributed by atoms with van der Waals surface area (Å²) < 4.78 is 7.77. The van der Waals surface area contributed by atoms with Crippen molar-refractivity contribution >= 4 is 22.9 Å². The van der Waals surface area contributed by atoms with Crippen molar-refractivity contribution in [2.75, 3.05) is 5.32 Å². The highest BCUT2D eigenvalue weighted by Gasteiger charge is 2.09. The van der Waals surface area contributed by atoms with Crippen LogP contribution in [0.1, 0.15) is 21.1 Å². The number of aryl methyl sites for hydroxylation is 2. The van der Waals surface area contributed by atoms with Crippen LogP contribution < -0.4 is 10.1 Å². The number of rotatable bonds is 5. The molecule has 1 N–H and O–H groups in total. The number of benzene rings is 1. The second-order valence-electron chi connectivity index (χ2n) is 6.27. The van der Waals surface area contributed by atoms with E-state index in [-0.39, 0.29) is 5.91 Å². The van der Waals surface area contributed by atoms with E-state index in [0.717, 1.165) is 11.4 Å². The van der Waals surface area contributed by atoms with Gasteiger partial charge in [0, 0.05) is 24.1 Å². The number of amides is 1. The summed E-state index contributed by atoms with van der Waals surface area (Å²) in [5.41, 5.74) is 1.79. The smallest absolute Gasteiger partial charge is 0.265 e. The van der Waals surface area contributed by atoms with Gasteiger partial charge in [-0.3, -0.25) is 4.79 Å². The molecule has 0 spiro atoms. The highest BCUT2D eigenvalue weighted by atomic mass is 32.1. The molecule has 1 aromatic carbocycles. The van der Waals surface area contributed by atoms with Crippen LogP contribution in [0.2, 0.25) is 0 Å². The standard InChI is InChI=1S/C21H18N4O2S/c1-14-11-18(28-13-14)21(26)24-16-5-7-17(8-6-16)27-20-12-19(22-15(2)23-20)25-9-3-4-10-25/h3-13H,1-2H3,(H,24,26). The molecule has 6 nitrogen and oxygen atoms in total. The number of hydrogen-bond acceptors (Lipinski definition) is 5. The van der Waals surface area contributed by atoms with Crippen LogP contribution in [-0.2, 0) is 0 Å². The molecule has 0 radical (unpaired) electrons. The Kier molecular flexibility index (Phi) is 4.90. The van der Waals surface area contributed by atoms with E-state index < -0.39 is 0 Å². The molecule has 140 valence electrons. The summed E-state index contributed by atoms with van der Waals surface area (Å²) in [5.74, 6) is 2.33. The van der Waals surface area contributed by atoms with E-state index >= 15 is 0 Å². The minimum Gasteiger partial charge on any atom is -0.439 e. The van der Waals surface area contributed by atoms with Gasteiger partial charge in [0.05, 0.1) is 4.88 Å². The van der Waals surface area contributed by atoms with Crippen LogP contribution in [0.3, 0.4) is 0 Å². The number of nitrogens with zero attached hydrogens (tertiary/aromatic N) is 3. The zero-order chi connectivity index (χ0) is 19.5. The van der Waals surface area contributed by atoms with Gasteiger partial charge in [-0.2, -0.15) is 4.98 Å². The molecule has 0 saturated heterocycles. The van der Waals surface area contributed by atoms with Crippen LogP contribution in [0.15, 0.2) is 66.3 Å². The number of carbonyl (C=O) groups excluding carboxylic acids is 1. The fraction of sp³-hybridized carbons (Fsp3) is 0.0952. The van der Waals surface area contributed by atoms with Gasteiger partial charge >= 0.3 is 0 Å². The highest BCUT2D eigenvalue weighted by Crippen LogP contribution is 2.24. The van der Waals surface area contributed by atoms with E-state index in [0.29, 0.717) is 28.0 Å². The lowest BCUT2D eigenvalue weighted by atomic mass is 10.3. The summed E-state index contributed by atoms with van der Waals surface area (Å²) in [7, 11) is 0. The SMILES string of the molecule is Cc1csc(C(=O)Nc2ccc(Oc3cc(-n4cccc4)nc(C)n3)cc2)c1. The first-order valence-electron chi connectivity index (χ1n) is 8.70. The minimum absolute atomic E-state index is 0.116. The summed E-state index contributed by atoms with van der Waals surface area (Å²) >= 11 is 1.43. The number of carbonyl (C=O) groups is 1. The summed E-state index contributed by atoms with van der Waals surface area (Å²) in [6, 6.07) is 14.7. The predicted octanol–water partition coefficient (Wildman–Crippen LogP) is 4.99. The minimum atomic E-state index is -0.116.